The van der Waals surface area contributed by atoms with Crippen LogP contribution in [0.25, 0.3) is 0 Å². The Kier molecular flexibility index (Phi) is 2.48. The van der Waals surface area contributed by atoms with E-state index in [4.69, 9.17) is 31.8 Å². The number of rotatable bonds is 1. The third-order valence-electron chi connectivity index (χ3n) is 1.99. The molecule has 0 N–H and O–H groups in total. The number of benzene rings is 1. The van der Waals surface area contributed by atoms with E-state index < -0.39 is 9.05 Å². The first-order valence-corrected chi connectivity index (χ1v) is 6.63. The maximum Gasteiger partial charge on any atom is 0.263 e. The van der Waals surface area contributed by atoms with Gasteiger partial charge in [-0.25, -0.2) is 8.42 Å². The van der Waals surface area contributed by atoms with Crippen molar-refractivity contribution in [3.05, 3.63) is 16.7 Å². The lowest BCUT2D eigenvalue weighted by Gasteiger charge is -2.07. The van der Waals surface area contributed by atoms with Crippen LogP contribution in [0.15, 0.2) is 11.0 Å². The van der Waals surface area contributed by atoms with Gasteiger partial charge in [0.25, 0.3) is 9.05 Å². The Hall–Kier alpha value is -0.650. The van der Waals surface area contributed by atoms with Crippen molar-refractivity contribution in [1.29, 1.82) is 0 Å². The lowest BCUT2D eigenvalue weighted by Crippen LogP contribution is -1.97. The summed E-state index contributed by atoms with van der Waals surface area (Å²) in [4.78, 5) is -0.130. The average Bonchev–Trinajstić information content (AvgIpc) is 2.48. The van der Waals surface area contributed by atoms with Gasteiger partial charge in [-0.3, -0.25) is 0 Å². The van der Waals surface area contributed by atoms with Crippen molar-refractivity contribution in [1.82, 2.24) is 0 Å². The smallest absolute Gasteiger partial charge is 0.263 e. The van der Waals surface area contributed by atoms with Crippen LogP contribution in [0.2, 0.25) is 5.02 Å². The van der Waals surface area contributed by atoms with Crippen LogP contribution in [0.5, 0.6) is 11.5 Å². The molecular formula is C8H6Cl2O4S. The number of aryl methyl sites for hydroxylation is 1. The first kappa shape index (κ1) is 10.9. The highest BCUT2D eigenvalue weighted by molar-refractivity contribution is 8.13. The lowest BCUT2D eigenvalue weighted by molar-refractivity contribution is 0.174. The molecule has 1 aromatic rings. The zero-order valence-electron chi connectivity index (χ0n) is 7.58. The fourth-order valence-electron chi connectivity index (χ4n) is 1.41. The van der Waals surface area contributed by atoms with E-state index in [1.807, 2.05) is 0 Å². The molecule has 1 heterocycles. The minimum Gasteiger partial charge on any atom is -0.454 e. The number of hydrogen-bond donors (Lipinski definition) is 0. The topological polar surface area (TPSA) is 52.6 Å². The standard InChI is InChI=1S/C8H6Cl2O4S/c1-4-2-5-7(14-3-13-5)6(9)8(4)15(10,11)12/h2H,3H2,1H3. The minimum atomic E-state index is -3.88. The van der Waals surface area contributed by atoms with Crippen molar-refractivity contribution >= 4 is 31.3 Å². The zero-order chi connectivity index (χ0) is 11.2. The molecule has 0 saturated heterocycles. The normalized spacial score (nSPS) is 14.3. The van der Waals surface area contributed by atoms with Crippen LogP contribution >= 0.6 is 22.3 Å². The lowest BCUT2D eigenvalue weighted by atomic mass is 10.2. The Labute approximate surface area is 96.1 Å². The number of halogens is 2. The van der Waals surface area contributed by atoms with E-state index in [2.05, 4.69) is 0 Å². The SMILES string of the molecule is Cc1cc2c(c(Cl)c1S(=O)(=O)Cl)OCO2. The molecule has 0 bridgehead atoms. The largest absolute Gasteiger partial charge is 0.454 e. The third kappa shape index (κ3) is 1.75. The van der Waals surface area contributed by atoms with E-state index in [-0.39, 0.29) is 22.5 Å². The molecule has 0 aliphatic carbocycles. The van der Waals surface area contributed by atoms with Crippen LogP contribution in [0.3, 0.4) is 0 Å². The van der Waals surface area contributed by atoms with Crippen molar-refractivity contribution < 1.29 is 17.9 Å². The van der Waals surface area contributed by atoms with Gasteiger partial charge in [-0.15, -0.1) is 0 Å². The zero-order valence-corrected chi connectivity index (χ0v) is 9.91. The maximum atomic E-state index is 11.3. The molecule has 1 aliphatic rings. The predicted molar refractivity (Wildman–Crippen MR) is 55.4 cm³/mol. The minimum absolute atomic E-state index is 0.0281. The van der Waals surface area contributed by atoms with Crippen LogP contribution in [0.4, 0.5) is 0 Å². The van der Waals surface area contributed by atoms with Gasteiger partial charge in [0.2, 0.25) is 6.79 Å². The van der Waals surface area contributed by atoms with Gasteiger partial charge in [0, 0.05) is 10.7 Å². The second-order valence-electron chi connectivity index (χ2n) is 3.01. The highest BCUT2D eigenvalue weighted by Crippen LogP contribution is 2.44. The summed E-state index contributed by atoms with van der Waals surface area (Å²) < 4.78 is 32.6. The van der Waals surface area contributed by atoms with E-state index in [9.17, 15) is 8.42 Å². The maximum absolute atomic E-state index is 11.3. The molecule has 0 radical (unpaired) electrons. The highest BCUT2D eigenvalue weighted by atomic mass is 35.7. The molecule has 1 aromatic carbocycles. The number of hydrogen-bond acceptors (Lipinski definition) is 4. The van der Waals surface area contributed by atoms with Crippen LogP contribution < -0.4 is 9.47 Å². The number of fused-ring (bicyclic) bond motifs is 1. The van der Waals surface area contributed by atoms with Crippen LogP contribution in [0, 0.1) is 6.92 Å². The average molecular weight is 269 g/mol. The van der Waals surface area contributed by atoms with Crippen LogP contribution in [0.1, 0.15) is 5.56 Å². The molecule has 0 atom stereocenters. The van der Waals surface area contributed by atoms with Gasteiger partial charge in [0.1, 0.15) is 9.92 Å². The molecule has 0 spiro atoms. The quantitative estimate of drug-likeness (QED) is 0.734. The van der Waals surface area contributed by atoms with Gasteiger partial charge in [0.15, 0.2) is 11.5 Å². The Balaban J connectivity index is 2.78. The summed E-state index contributed by atoms with van der Waals surface area (Å²) in [6.07, 6.45) is 0. The molecule has 0 fully saturated rings. The first-order chi connectivity index (χ1) is 6.91. The molecule has 1 aliphatic heterocycles. The van der Waals surface area contributed by atoms with Crippen LogP contribution in [-0.2, 0) is 9.05 Å². The Morgan fingerprint density at radius 2 is 2.07 bits per heavy atom. The van der Waals surface area contributed by atoms with Gasteiger partial charge < -0.3 is 9.47 Å². The Morgan fingerprint density at radius 3 is 2.67 bits per heavy atom. The first-order valence-electron chi connectivity index (χ1n) is 3.94. The fourth-order valence-corrected chi connectivity index (χ4v) is 3.47. The van der Waals surface area contributed by atoms with E-state index in [1.165, 1.54) is 6.07 Å². The van der Waals surface area contributed by atoms with Crippen molar-refractivity contribution in [2.75, 3.05) is 6.79 Å². The third-order valence-corrected chi connectivity index (χ3v) is 3.94. The summed E-state index contributed by atoms with van der Waals surface area (Å²) in [5.74, 6) is 0.656. The molecule has 15 heavy (non-hydrogen) atoms. The van der Waals surface area contributed by atoms with Crippen molar-refractivity contribution in [3.63, 3.8) is 0 Å². The number of ether oxygens (including phenoxy) is 2. The molecule has 0 aromatic heterocycles. The van der Waals surface area contributed by atoms with Gasteiger partial charge in [-0.1, -0.05) is 11.6 Å². The Bertz CT molecular complexity index is 524. The van der Waals surface area contributed by atoms with Crippen LogP contribution in [-0.4, -0.2) is 15.2 Å². The summed E-state index contributed by atoms with van der Waals surface area (Å²) in [5, 5.41) is -0.0301. The Morgan fingerprint density at radius 1 is 1.40 bits per heavy atom. The molecule has 2 rings (SSSR count). The summed E-state index contributed by atoms with van der Waals surface area (Å²) in [7, 11) is 1.38. The van der Waals surface area contributed by atoms with E-state index in [1.54, 1.807) is 6.92 Å². The van der Waals surface area contributed by atoms with E-state index in [0.717, 1.165) is 0 Å². The van der Waals surface area contributed by atoms with Gasteiger partial charge in [0.05, 0.1) is 0 Å². The van der Waals surface area contributed by atoms with Gasteiger partial charge in [-0.05, 0) is 18.6 Å². The summed E-state index contributed by atoms with van der Waals surface area (Å²) >= 11 is 5.88. The molecular weight excluding hydrogens is 263 g/mol. The summed E-state index contributed by atoms with van der Waals surface area (Å²) in [6.45, 7) is 1.61. The van der Waals surface area contributed by atoms with E-state index >= 15 is 0 Å². The second kappa shape index (κ2) is 3.43. The van der Waals surface area contributed by atoms with Crippen molar-refractivity contribution in [3.8, 4) is 11.5 Å². The molecule has 7 heteroatoms. The fraction of sp³-hybridized carbons (Fsp3) is 0.250. The highest BCUT2D eigenvalue weighted by Gasteiger charge is 2.27. The molecule has 0 amide bonds. The molecule has 4 nitrogen and oxygen atoms in total. The summed E-state index contributed by atoms with van der Waals surface area (Å²) in [6, 6.07) is 1.53. The molecule has 82 valence electrons. The second-order valence-corrected chi connectivity index (χ2v) is 5.89. The monoisotopic (exact) mass is 268 g/mol. The molecule has 0 unspecified atom stereocenters. The van der Waals surface area contributed by atoms with Gasteiger partial charge in [-0.2, -0.15) is 0 Å². The van der Waals surface area contributed by atoms with Crippen molar-refractivity contribution in [2.45, 2.75) is 11.8 Å². The van der Waals surface area contributed by atoms with Crippen molar-refractivity contribution in [2.24, 2.45) is 0 Å². The molecule has 0 saturated carbocycles. The van der Waals surface area contributed by atoms with Gasteiger partial charge >= 0.3 is 0 Å². The predicted octanol–water partition coefficient (Wildman–Crippen LogP) is 2.30. The summed E-state index contributed by atoms with van der Waals surface area (Å²) in [5.41, 5.74) is 0.430. The van der Waals surface area contributed by atoms with E-state index in [0.29, 0.717) is 11.3 Å².